The van der Waals surface area contributed by atoms with Crippen LogP contribution in [0.25, 0.3) is 6.08 Å². The fourth-order valence-electron chi connectivity index (χ4n) is 3.20. The molecule has 1 aliphatic rings. The highest BCUT2D eigenvalue weighted by Crippen LogP contribution is 2.29. The van der Waals surface area contributed by atoms with Crippen molar-refractivity contribution in [2.75, 3.05) is 23.9 Å². The highest BCUT2D eigenvalue weighted by Gasteiger charge is 2.33. The summed E-state index contributed by atoms with van der Waals surface area (Å²) >= 11 is 0. The van der Waals surface area contributed by atoms with E-state index in [0.717, 1.165) is 11.3 Å². The van der Waals surface area contributed by atoms with Gasteiger partial charge < -0.3 is 4.90 Å². The molecule has 1 amide bonds. The van der Waals surface area contributed by atoms with Gasteiger partial charge in [-0.25, -0.2) is 13.8 Å². The fourth-order valence-corrected chi connectivity index (χ4v) is 3.20. The standard InChI is InChI=1S/C24H19F2N3O/c1-28(2)18-11-7-16(8-12-18)15-22-24(30)29(19-13-9-17(25)10-14-19)23(27-22)20-5-3-4-6-21(20)26/h3-15H,1-2H3/b22-15+. The van der Waals surface area contributed by atoms with Gasteiger partial charge in [-0.15, -0.1) is 0 Å². The van der Waals surface area contributed by atoms with Gasteiger partial charge in [-0.1, -0.05) is 24.3 Å². The van der Waals surface area contributed by atoms with E-state index >= 15 is 0 Å². The second-order valence-corrected chi connectivity index (χ2v) is 7.05. The molecule has 4 rings (SSSR count). The molecule has 0 radical (unpaired) electrons. The smallest absolute Gasteiger partial charge is 0.282 e. The maximum atomic E-state index is 14.5. The number of aliphatic imine (C=N–C) groups is 1. The van der Waals surface area contributed by atoms with Crippen LogP contribution in [0.5, 0.6) is 0 Å². The molecule has 3 aromatic rings. The zero-order valence-corrected chi connectivity index (χ0v) is 16.5. The molecule has 30 heavy (non-hydrogen) atoms. The molecule has 0 N–H and O–H groups in total. The second-order valence-electron chi connectivity index (χ2n) is 7.05. The maximum absolute atomic E-state index is 14.5. The van der Waals surface area contributed by atoms with Gasteiger partial charge in [-0.2, -0.15) is 0 Å². The molecule has 1 aliphatic heterocycles. The molecule has 0 saturated carbocycles. The van der Waals surface area contributed by atoms with E-state index < -0.39 is 17.5 Å². The van der Waals surface area contributed by atoms with Crippen LogP contribution in [0.3, 0.4) is 0 Å². The molecule has 0 bridgehead atoms. The number of carbonyl (C=O) groups is 1. The molecule has 0 spiro atoms. The Morgan fingerprint density at radius 1 is 0.900 bits per heavy atom. The van der Waals surface area contributed by atoms with Gasteiger partial charge in [0.05, 0.1) is 11.3 Å². The number of benzene rings is 3. The van der Waals surface area contributed by atoms with E-state index in [-0.39, 0.29) is 17.1 Å². The Hall–Kier alpha value is -3.80. The van der Waals surface area contributed by atoms with Gasteiger partial charge in [0.1, 0.15) is 17.3 Å². The lowest BCUT2D eigenvalue weighted by Crippen LogP contribution is -2.33. The number of hydrogen-bond donors (Lipinski definition) is 0. The van der Waals surface area contributed by atoms with Crippen molar-refractivity contribution >= 4 is 29.2 Å². The number of amidine groups is 1. The predicted octanol–water partition coefficient (Wildman–Crippen LogP) is 4.87. The number of halogens is 2. The second kappa shape index (κ2) is 7.91. The number of hydrogen-bond acceptors (Lipinski definition) is 3. The molecule has 0 saturated heterocycles. The summed E-state index contributed by atoms with van der Waals surface area (Å²) in [6.45, 7) is 0. The number of carbonyl (C=O) groups excluding carboxylic acids is 1. The number of anilines is 2. The van der Waals surface area contributed by atoms with Crippen molar-refractivity contribution in [1.29, 1.82) is 0 Å². The van der Waals surface area contributed by atoms with Crippen molar-refractivity contribution in [3.8, 4) is 0 Å². The summed E-state index contributed by atoms with van der Waals surface area (Å²) in [6, 6.07) is 19.2. The van der Waals surface area contributed by atoms with Gasteiger partial charge in [0.2, 0.25) is 0 Å². The molecule has 0 unspecified atom stereocenters. The quantitative estimate of drug-likeness (QED) is 0.583. The zero-order chi connectivity index (χ0) is 21.3. The van der Waals surface area contributed by atoms with Crippen molar-refractivity contribution in [3.63, 3.8) is 0 Å². The SMILES string of the molecule is CN(C)c1ccc(/C=C2/N=C(c3ccccc3F)N(c3ccc(F)cc3)C2=O)cc1. The van der Waals surface area contributed by atoms with Crippen LogP contribution in [0.1, 0.15) is 11.1 Å². The van der Waals surface area contributed by atoms with E-state index in [0.29, 0.717) is 5.69 Å². The molecule has 3 aromatic carbocycles. The first-order valence-corrected chi connectivity index (χ1v) is 9.37. The Bertz CT molecular complexity index is 1150. The van der Waals surface area contributed by atoms with Crippen LogP contribution >= 0.6 is 0 Å². The Morgan fingerprint density at radius 3 is 2.20 bits per heavy atom. The van der Waals surface area contributed by atoms with Gasteiger partial charge in [-0.05, 0) is 60.2 Å². The monoisotopic (exact) mass is 403 g/mol. The Labute approximate surface area is 173 Å². The molecule has 1 heterocycles. The fraction of sp³-hybridized carbons (Fsp3) is 0.0833. The average Bonchev–Trinajstić information content (AvgIpc) is 3.05. The van der Waals surface area contributed by atoms with E-state index in [1.165, 1.54) is 35.2 Å². The van der Waals surface area contributed by atoms with E-state index in [1.807, 2.05) is 43.3 Å². The van der Waals surface area contributed by atoms with Crippen molar-refractivity contribution in [1.82, 2.24) is 0 Å². The molecule has 0 atom stereocenters. The maximum Gasteiger partial charge on any atom is 0.282 e. The van der Waals surface area contributed by atoms with Gasteiger partial charge >= 0.3 is 0 Å². The van der Waals surface area contributed by atoms with Crippen molar-refractivity contribution in [2.24, 2.45) is 4.99 Å². The van der Waals surface area contributed by atoms with Crippen LogP contribution in [-0.4, -0.2) is 25.8 Å². The minimum atomic E-state index is -0.493. The zero-order valence-electron chi connectivity index (χ0n) is 16.5. The van der Waals surface area contributed by atoms with E-state index in [4.69, 9.17) is 0 Å². The van der Waals surface area contributed by atoms with Crippen molar-refractivity contribution in [3.05, 3.63) is 101 Å². The Kier molecular flexibility index (Phi) is 5.14. The van der Waals surface area contributed by atoms with Gasteiger partial charge in [0, 0.05) is 19.8 Å². The highest BCUT2D eigenvalue weighted by molar-refractivity contribution is 6.33. The van der Waals surface area contributed by atoms with Crippen LogP contribution in [0.4, 0.5) is 20.2 Å². The summed E-state index contributed by atoms with van der Waals surface area (Å²) in [6.07, 6.45) is 1.66. The molecule has 150 valence electrons. The minimum Gasteiger partial charge on any atom is -0.378 e. The van der Waals surface area contributed by atoms with Crippen LogP contribution in [0, 0.1) is 11.6 Å². The lowest BCUT2D eigenvalue weighted by molar-refractivity contribution is -0.113. The van der Waals surface area contributed by atoms with Gasteiger partial charge in [0.15, 0.2) is 5.84 Å². The largest absolute Gasteiger partial charge is 0.378 e. The summed E-state index contributed by atoms with van der Waals surface area (Å²) in [5, 5.41) is 0. The molecule has 0 fully saturated rings. The number of rotatable bonds is 4. The first-order valence-electron chi connectivity index (χ1n) is 9.37. The molecule has 4 nitrogen and oxygen atoms in total. The average molecular weight is 403 g/mol. The third-order valence-corrected chi connectivity index (χ3v) is 4.77. The van der Waals surface area contributed by atoms with Crippen LogP contribution < -0.4 is 9.80 Å². The van der Waals surface area contributed by atoms with Gasteiger partial charge in [0.25, 0.3) is 5.91 Å². The third kappa shape index (κ3) is 3.72. The summed E-state index contributed by atoms with van der Waals surface area (Å²) in [7, 11) is 3.89. The lowest BCUT2D eigenvalue weighted by atomic mass is 10.1. The number of amides is 1. The lowest BCUT2D eigenvalue weighted by Gasteiger charge is -2.18. The molecule has 6 heteroatoms. The number of nitrogens with zero attached hydrogens (tertiary/aromatic N) is 3. The summed E-state index contributed by atoms with van der Waals surface area (Å²) < 4.78 is 27.9. The topological polar surface area (TPSA) is 35.9 Å². The van der Waals surface area contributed by atoms with Crippen LogP contribution in [-0.2, 0) is 4.79 Å². The van der Waals surface area contributed by atoms with Crippen molar-refractivity contribution < 1.29 is 13.6 Å². The highest BCUT2D eigenvalue weighted by atomic mass is 19.1. The van der Waals surface area contributed by atoms with Crippen molar-refractivity contribution in [2.45, 2.75) is 0 Å². The summed E-state index contributed by atoms with van der Waals surface area (Å²) in [4.78, 5) is 20.9. The normalized spacial score (nSPS) is 14.9. The third-order valence-electron chi connectivity index (χ3n) is 4.77. The Morgan fingerprint density at radius 2 is 1.57 bits per heavy atom. The van der Waals surface area contributed by atoms with E-state index in [1.54, 1.807) is 24.3 Å². The molecular weight excluding hydrogens is 384 g/mol. The summed E-state index contributed by atoms with van der Waals surface area (Å²) in [5.41, 5.74) is 2.60. The predicted molar refractivity (Wildman–Crippen MR) is 116 cm³/mol. The molecule has 0 aliphatic carbocycles. The minimum absolute atomic E-state index is 0.167. The first kappa shape index (κ1) is 19.5. The first-order chi connectivity index (χ1) is 14.4. The Balaban J connectivity index is 1.79. The van der Waals surface area contributed by atoms with E-state index in [9.17, 15) is 13.6 Å². The summed E-state index contributed by atoms with van der Waals surface area (Å²) in [5.74, 6) is -1.16. The van der Waals surface area contributed by atoms with Crippen LogP contribution in [0.15, 0.2) is 83.5 Å². The van der Waals surface area contributed by atoms with Crippen LogP contribution in [0.2, 0.25) is 0 Å². The van der Waals surface area contributed by atoms with E-state index in [2.05, 4.69) is 4.99 Å². The van der Waals surface area contributed by atoms with Gasteiger partial charge in [-0.3, -0.25) is 9.69 Å². The molecule has 0 aromatic heterocycles. The molecular formula is C24H19F2N3O.